The Morgan fingerprint density at radius 3 is 2.62 bits per heavy atom. The Morgan fingerprint density at radius 2 is 2.03 bits per heavy atom. The van der Waals surface area contributed by atoms with Gasteiger partial charge < -0.3 is 15.4 Å². The molecule has 10 heteroatoms. The number of thiazole rings is 1. The van der Waals surface area contributed by atoms with Crippen molar-refractivity contribution in [2.24, 2.45) is 5.73 Å². The van der Waals surface area contributed by atoms with Gasteiger partial charge in [-0.25, -0.2) is 14.2 Å². The molecule has 150 valence electrons. The summed E-state index contributed by atoms with van der Waals surface area (Å²) in [6.07, 6.45) is 1.74. The topological polar surface area (TPSA) is 109 Å². The Labute approximate surface area is 178 Å². The summed E-state index contributed by atoms with van der Waals surface area (Å²) >= 11 is 4.61. The largest absolute Gasteiger partial charge is 0.446 e. The first kappa shape index (κ1) is 19.8. The molecule has 2 amide bonds. The van der Waals surface area contributed by atoms with E-state index in [1.165, 1.54) is 23.5 Å². The number of carbonyl (C=O) groups excluding carboxylic acids is 2. The Balaban J connectivity index is 1.57. The predicted molar refractivity (Wildman–Crippen MR) is 107 cm³/mol. The lowest BCUT2D eigenvalue weighted by atomic mass is 9.99. The number of hydrogen-bond donors (Lipinski definition) is 1. The number of nitrogens with two attached hydrogens (primary N) is 1. The third-order valence-corrected chi connectivity index (χ3v) is 7.03. The lowest BCUT2D eigenvalue weighted by Crippen LogP contribution is -2.49. The van der Waals surface area contributed by atoms with Crippen molar-refractivity contribution < 1.29 is 18.7 Å². The highest BCUT2D eigenvalue weighted by molar-refractivity contribution is 9.11. The van der Waals surface area contributed by atoms with E-state index in [2.05, 4.69) is 20.9 Å². The molecule has 7 nitrogen and oxygen atoms in total. The van der Waals surface area contributed by atoms with Gasteiger partial charge in [-0.3, -0.25) is 4.79 Å². The smallest absolute Gasteiger partial charge is 0.404 e. The molecule has 1 aromatic carbocycles. The first-order valence-corrected chi connectivity index (χ1v) is 10.6. The number of nitriles is 1. The van der Waals surface area contributed by atoms with Crippen molar-refractivity contribution in [2.75, 3.05) is 0 Å². The quantitative estimate of drug-likeness (QED) is 0.720. The number of rotatable bonds is 3. The number of halogens is 2. The van der Waals surface area contributed by atoms with Crippen LogP contribution in [0, 0.1) is 17.1 Å². The summed E-state index contributed by atoms with van der Waals surface area (Å²) in [7, 11) is 0. The monoisotopic (exact) mass is 478 g/mol. The lowest BCUT2D eigenvalue weighted by molar-refractivity contribution is 0.0204. The molecule has 2 bridgehead atoms. The minimum atomic E-state index is -0.794. The van der Waals surface area contributed by atoms with Crippen molar-refractivity contribution in [2.45, 2.75) is 43.9 Å². The number of hydrogen-bond acceptors (Lipinski definition) is 6. The fourth-order valence-electron chi connectivity index (χ4n) is 4.15. The van der Waals surface area contributed by atoms with Gasteiger partial charge in [0, 0.05) is 30.5 Å². The number of fused-ring (bicyclic) bond motifs is 2. The summed E-state index contributed by atoms with van der Waals surface area (Å²) < 4.78 is 19.7. The van der Waals surface area contributed by atoms with E-state index >= 15 is 0 Å². The number of carbonyl (C=O) groups is 2. The Morgan fingerprint density at radius 1 is 1.34 bits per heavy atom. The maximum atomic E-state index is 14.0. The molecule has 2 aliphatic rings. The first-order valence-electron chi connectivity index (χ1n) is 9.02. The number of primary amides is 1. The van der Waals surface area contributed by atoms with Crippen LogP contribution >= 0.6 is 27.3 Å². The average molecular weight is 479 g/mol. The van der Waals surface area contributed by atoms with Crippen molar-refractivity contribution in [3.8, 4) is 17.3 Å². The number of benzene rings is 1. The van der Waals surface area contributed by atoms with Crippen LogP contribution in [0.3, 0.4) is 0 Å². The number of piperidine rings is 1. The van der Waals surface area contributed by atoms with Gasteiger partial charge in [0.2, 0.25) is 0 Å². The zero-order valence-electron chi connectivity index (χ0n) is 15.1. The normalized spacial score (nSPS) is 22.9. The number of amides is 2. The standard InChI is InChI=1S/C19H16BrFN4O3S/c20-16-15(9-1-2-10(8-22)14(21)5-9)24-17(29-16)18(26)25-11-3-4-12(25)7-13(6-11)28-19(23)27/h1-2,5,11-13H,3-4,6-7H2,(H2,23,27). The van der Waals surface area contributed by atoms with Crippen LogP contribution in [-0.4, -0.2) is 40.1 Å². The lowest BCUT2D eigenvalue weighted by Gasteiger charge is -2.37. The summed E-state index contributed by atoms with van der Waals surface area (Å²) in [5.74, 6) is -0.812. The summed E-state index contributed by atoms with van der Waals surface area (Å²) in [5, 5.41) is 9.19. The minimum absolute atomic E-state index is 0.0240. The number of nitrogens with zero attached hydrogens (tertiary/aromatic N) is 3. The first-order chi connectivity index (χ1) is 13.9. The zero-order chi connectivity index (χ0) is 20.7. The van der Waals surface area contributed by atoms with Crippen LogP contribution in [0.25, 0.3) is 11.3 Å². The van der Waals surface area contributed by atoms with E-state index in [4.69, 9.17) is 15.7 Å². The summed E-state index contributed by atoms with van der Waals surface area (Å²) in [4.78, 5) is 30.5. The minimum Gasteiger partial charge on any atom is -0.446 e. The van der Waals surface area contributed by atoms with Gasteiger partial charge in [-0.05, 0) is 40.9 Å². The van der Waals surface area contributed by atoms with Gasteiger partial charge in [0.15, 0.2) is 5.01 Å². The molecule has 0 spiro atoms. The third kappa shape index (κ3) is 3.72. The Hall–Kier alpha value is -2.51. The van der Waals surface area contributed by atoms with E-state index in [-0.39, 0.29) is 29.7 Å². The van der Waals surface area contributed by atoms with E-state index in [1.54, 1.807) is 12.1 Å². The predicted octanol–water partition coefficient (Wildman–Crippen LogP) is 3.81. The van der Waals surface area contributed by atoms with Gasteiger partial charge in [0.05, 0.1) is 15.0 Å². The second kappa shape index (κ2) is 7.72. The number of aromatic nitrogens is 1. The fourth-order valence-corrected chi connectivity index (χ4v) is 5.69. The Bertz CT molecular complexity index is 1020. The summed E-state index contributed by atoms with van der Waals surface area (Å²) in [5.41, 5.74) is 6.02. The SMILES string of the molecule is N#Cc1ccc(-c2nc(C(=O)N3C4CCC3CC(OC(N)=O)C4)sc2Br)cc1F. The van der Waals surface area contributed by atoms with Gasteiger partial charge >= 0.3 is 6.09 Å². The molecule has 2 N–H and O–H groups in total. The molecule has 0 saturated carbocycles. The zero-order valence-corrected chi connectivity index (χ0v) is 17.5. The maximum absolute atomic E-state index is 14.0. The summed E-state index contributed by atoms with van der Waals surface area (Å²) in [6.45, 7) is 0. The van der Waals surface area contributed by atoms with E-state index in [0.717, 1.165) is 12.8 Å². The van der Waals surface area contributed by atoms with Crippen LogP contribution in [0.5, 0.6) is 0 Å². The second-order valence-electron chi connectivity index (χ2n) is 7.08. The van der Waals surface area contributed by atoms with E-state index in [0.29, 0.717) is 32.9 Å². The second-order valence-corrected chi connectivity index (χ2v) is 9.39. The molecule has 2 aromatic rings. The van der Waals surface area contributed by atoms with Crippen molar-refractivity contribution in [1.82, 2.24) is 9.88 Å². The third-order valence-electron chi connectivity index (χ3n) is 5.34. The van der Waals surface area contributed by atoms with Crippen molar-refractivity contribution >= 4 is 39.3 Å². The van der Waals surface area contributed by atoms with Crippen LogP contribution < -0.4 is 5.73 Å². The van der Waals surface area contributed by atoms with Crippen molar-refractivity contribution in [3.05, 3.63) is 38.4 Å². The van der Waals surface area contributed by atoms with Gasteiger partial charge in [0.1, 0.15) is 18.0 Å². The van der Waals surface area contributed by atoms with Crippen LogP contribution in [0.4, 0.5) is 9.18 Å². The molecule has 1 aromatic heterocycles. The molecule has 2 aliphatic heterocycles. The van der Waals surface area contributed by atoms with Gasteiger partial charge in [-0.15, -0.1) is 11.3 Å². The molecular formula is C19H16BrFN4O3S. The highest BCUT2D eigenvalue weighted by atomic mass is 79.9. The van der Waals surface area contributed by atoms with E-state index in [1.807, 2.05) is 4.90 Å². The summed E-state index contributed by atoms with van der Waals surface area (Å²) in [6, 6.07) is 5.97. The van der Waals surface area contributed by atoms with Gasteiger partial charge in [0.25, 0.3) is 5.91 Å². The number of ether oxygens (including phenoxy) is 1. The molecule has 2 fully saturated rings. The Kier molecular flexibility index (Phi) is 5.27. The average Bonchev–Trinajstić information content (AvgIpc) is 3.18. The van der Waals surface area contributed by atoms with Crippen LogP contribution in [0.2, 0.25) is 0 Å². The molecule has 4 rings (SSSR count). The van der Waals surface area contributed by atoms with Crippen molar-refractivity contribution in [1.29, 1.82) is 5.26 Å². The van der Waals surface area contributed by atoms with Crippen LogP contribution in [0.15, 0.2) is 22.0 Å². The van der Waals surface area contributed by atoms with Gasteiger partial charge in [-0.2, -0.15) is 5.26 Å². The van der Waals surface area contributed by atoms with E-state index in [9.17, 15) is 14.0 Å². The van der Waals surface area contributed by atoms with Crippen LogP contribution in [-0.2, 0) is 4.74 Å². The maximum Gasteiger partial charge on any atom is 0.404 e. The molecule has 2 saturated heterocycles. The molecule has 0 aliphatic carbocycles. The van der Waals surface area contributed by atoms with E-state index < -0.39 is 11.9 Å². The van der Waals surface area contributed by atoms with Crippen molar-refractivity contribution in [3.63, 3.8) is 0 Å². The molecular weight excluding hydrogens is 463 g/mol. The highest BCUT2D eigenvalue weighted by Gasteiger charge is 2.45. The molecule has 29 heavy (non-hydrogen) atoms. The molecule has 2 atom stereocenters. The van der Waals surface area contributed by atoms with Gasteiger partial charge in [-0.1, -0.05) is 6.07 Å². The fraction of sp³-hybridized carbons (Fsp3) is 0.368. The highest BCUT2D eigenvalue weighted by Crippen LogP contribution is 2.40. The molecule has 0 radical (unpaired) electrons. The van der Waals surface area contributed by atoms with Crippen LogP contribution in [0.1, 0.15) is 41.0 Å². The molecule has 2 unspecified atom stereocenters. The molecule has 3 heterocycles.